The van der Waals surface area contributed by atoms with Gasteiger partial charge in [0.25, 0.3) is 0 Å². The molecule has 0 amide bonds. The lowest BCUT2D eigenvalue weighted by atomic mass is 9.97. The van der Waals surface area contributed by atoms with Gasteiger partial charge in [-0.25, -0.2) is 0 Å². The van der Waals surface area contributed by atoms with Crippen LogP contribution in [0.3, 0.4) is 0 Å². The summed E-state index contributed by atoms with van der Waals surface area (Å²) in [5.74, 6) is 0.503. The van der Waals surface area contributed by atoms with Crippen molar-refractivity contribution in [2.75, 3.05) is 13.7 Å². The first kappa shape index (κ1) is 15.8. The van der Waals surface area contributed by atoms with Gasteiger partial charge in [0.15, 0.2) is 0 Å². The number of benzene rings is 1. The number of rotatable bonds is 6. The van der Waals surface area contributed by atoms with E-state index in [0.29, 0.717) is 19.4 Å². The predicted molar refractivity (Wildman–Crippen MR) is 79.1 cm³/mol. The molecule has 0 heterocycles. The van der Waals surface area contributed by atoms with Crippen molar-refractivity contribution in [1.82, 2.24) is 5.32 Å². The van der Waals surface area contributed by atoms with E-state index in [0.717, 1.165) is 17.7 Å². The molecular weight excluding hydrogens is 270 g/mol. The molecule has 5 heteroatoms. The van der Waals surface area contributed by atoms with Gasteiger partial charge < -0.3 is 19.9 Å². The van der Waals surface area contributed by atoms with Crippen LogP contribution in [0.1, 0.15) is 31.7 Å². The fraction of sp³-hybridized carbons (Fsp3) is 0.562. The third-order valence-electron chi connectivity index (χ3n) is 3.94. The molecule has 1 saturated carbocycles. The standard InChI is InChI=1S/C16H23NO4/c1-3-17-16(15(19)20-2)8-7-14(10-16)21-13-6-4-5-12(9-13)11-18/h4-6,9,14,17-18H,3,7-8,10-11H2,1-2H3. The molecule has 2 rings (SSSR count). The largest absolute Gasteiger partial charge is 0.490 e. The zero-order valence-electron chi connectivity index (χ0n) is 12.6. The van der Waals surface area contributed by atoms with E-state index in [1.807, 2.05) is 31.2 Å². The monoisotopic (exact) mass is 293 g/mol. The number of ether oxygens (including phenoxy) is 2. The zero-order valence-corrected chi connectivity index (χ0v) is 12.6. The third kappa shape index (κ3) is 3.54. The van der Waals surface area contributed by atoms with Crippen LogP contribution in [-0.2, 0) is 16.1 Å². The summed E-state index contributed by atoms with van der Waals surface area (Å²) in [7, 11) is 1.42. The number of hydrogen-bond acceptors (Lipinski definition) is 5. The van der Waals surface area contributed by atoms with Crippen molar-refractivity contribution in [2.24, 2.45) is 0 Å². The Balaban J connectivity index is 2.05. The lowest BCUT2D eigenvalue weighted by Gasteiger charge is -2.27. The van der Waals surface area contributed by atoms with Crippen LogP contribution in [0.4, 0.5) is 0 Å². The topological polar surface area (TPSA) is 67.8 Å². The van der Waals surface area contributed by atoms with Gasteiger partial charge in [0.05, 0.1) is 13.7 Å². The number of carbonyl (C=O) groups is 1. The SMILES string of the molecule is CCNC1(C(=O)OC)CCC(Oc2cccc(CO)c2)C1. The molecule has 0 saturated heterocycles. The number of nitrogens with one attached hydrogen (secondary N) is 1. The van der Waals surface area contributed by atoms with Gasteiger partial charge in [-0.1, -0.05) is 19.1 Å². The molecule has 0 radical (unpaired) electrons. The first-order valence-corrected chi connectivity index (χ1v) is 7.33. The van der Waals surface area contributed by atoms with Gasteiger partial charge in [0.1, 0.15) is 17.4 Å². The molecule has 5 nitrogen and oxygen atoms in total. The van der Waals surface area contributed by atoms with E-state index in [-0.39, 0.29) is 18.7 Å². The van der Waals surface area contributed by atoms with Crippen LogP contribution in [-0.4, -0.2) is 36.4 Å². The van der Waals surface area contributed by atoms with Gasteiger partial charge in [0, 0.05) is 6.42 Å². The molecule has 2 unspecified atom stereocenters. The number of carbonyl (C=O) groups excluding carboxylic acids is 1. The first-order chi connectivity index (χ1) is 10.1. The van der Waals surface area contributed by atoms with Gasteiger partial charge in [-0.15, -0.1) is 0 Å². The fourth-order valence-corrected chi connectivity index (χ4v) is 2.96. The summed E-state index contributed by atoms with van der Waals surface area (Å²) >= 11 is 0. The normalized spacial score (nSPS) is 24.8. The van der Waals surface area contributed by atoms with Crippen molar-refractivity contribution in [3.8, 4) is 5.75 Å². The van der Waals surface area contributed by atoms with Crippen LogP contribution < -0.4 is 10.1 Å². The fourth-order valence-electron chi connectivity index (χ4n) is 2.96. The average Bonchev–Trinajstić information content (AvgIpc) is 2.91. The van der Waals surface area contributed by atoms with E-state index in [1.165, 1.54) is 7.11 Å². The van der Waals surface area contributed by atoms with Gasteiger partial charge in [-0.3, -0.25) is 4.79 Å². The minimum absolute atomic E-state index is 0.00858. The Labute approximate surface area is 125 Å². The molecule has 1 aromatic rings. The Bertz CT molecular complexity index is 491. The zero-order chi connectivity index (χ0) is 15.3. The van der Waals surface area contributed by atoms with Gasteiger partial charge in [-0.05, 0) is 37.1 Å². The molecule has 2 N–H and O–H groups in total. The van der Waals surface area contributed by atoms with Crippen molar-refractivity contribution in [3.63, 3.8) is 0 Å². The molecule has 0 aromatic heterocycles. The molecule has 21 heavy (non-hydrogen) atoms. The Kier molecular flexibility index (Phi) is 5.20. The first-order valence-electron chi connectivity index (χ1n) is 7.33. The van der Waals surface area contributed by atoms with E-state index in [9.17, 15) is 4.79 Å². The molecule has 116 valence electrons. The Morgan fingerprint density at radius 3 is 3.00 bits per heavy atom. The maximum absolute atomic E-state index is 12.1. The van der Waals surface area contributed by atoms with Crippen LogP contribution in [0.2, 0.25) is 0 Å². The lowest BCUT2D eigenvalue weighted by molar-refractivity contribution is -0.148. The third-order valence-corrected chi connectivity index (χ3v) is 3.94. The lowest BCUT2D eigenvalue weighted by Crippen LogP contribution is -2.51. The van der Waals surface area contributed by atoms with Crippen molar-refractivity contribution in [1.29, 1.82) is 0 Å². The number of aliphatic hydroxyl groups excluding tert-OH is 1. The minimum atomic E-state index is -0.636. The summed E-state index contributed by atoms with van der Waals surface area (Å²) in [5.41, 5.74) is 0.180. The maximum Gasteiger partial charge on any atom is 0.326 e. The summed E-state index contributed by atoms with van der Waals surface area (Å²) in [6.07, 6.45) is 2.07. The molecule has 1 aliphatic rings. The van der Waals surface area contributed by atoms with Crippen LogP contribution in [0.25, 0.3) is 0 Å². The molecule has 0 aliphatic heterocycles. The van der Waals surface area contributed by atoms with E-state index in [1.54, 1.807) is 0 Å². The number of esters is 1. The van der Waals surface area contributed by atoms with Crippen LogP contribution >= 0.6 is 0 Å². The van der Waals surface area contributed by atoms with Crippen molar-refractivity contribution < 1.29 is 19.4 Å². The van der Waals surface area contributed by atoms with Crippen LogP contribution in [0, 0.1) is 0 Å². The number of hydrogen-bond donors (Lipinski definition) is 2. The highest BCUT2D eigenvalue weighted by Crippen LogP contribution is 2.34. The average molecular weight is 293 g/mol. The summed E-state index contributed by atoms with van der Waals surface area (Å²) in [5, 5.41) is 12.4. The summed E-state index contributed by atoms with van der Waals surface area (Å²) < 4.78 is 10.9. The molecule has 0 spiro atoms. The number of likely N-dealkylation sites (N-methyl/N-ethyl adjacent to an activating group) is 1. The maximum atomic E-state index is 12.1. The second kappa shape index (κ2) is 6.91. The predicted octanol–water partition coefficient (Wildman–Crippen LogP) is 1.63. The van der Waals surface area contributed by atoms with E-state index in [2.05, 4.69) is 5.32 Å². The molecule has 0 bridgehead atoms. The number of aliphatic hydroxyl groups is 1. The van der Waals surface area contributed by atoms with E-state index < -0.39 is 5.54 Å². The van der Waals surface area contributed by atoms with Gasteiger partial charge >= 0.3 is 5.97 Å². The van der Waals surface area contributed by atoms with Crippen molar-refractivity contribution in [3.05, 3.63) is 29.8 Å². The quantitative estimate of drug-likeness (QED) is 0.780. The highest BCUT2D eigenvalue weighted by atomic mass is 16.5. The van der Waals surface area contributed by atoms with Crippen molar-refractivity contribution >= 4 is 5.97 Å². The smallest absolute Gasteiger partial charge is 0.326 e. The Morgan fingerprint density at radius 2 is 2.33 bits per heavy atom. The molecule has 1 aromatic carbocycles. The van der Waals surface area contributed by atoms with Crippen LogP contribution in [0.15, 0.2) is 24.3 Å². The summed E-state index contributed by atoms with van der Waals surface area (Å²) in [6, 6.07) is 7.39. The van der Waals surface area contributed by atoms with Crippen molar-refractivity contribution in [2.45, 2.75) is 44.4 Å². The highest BCUT2D eigenvalue weighted by Gasteiger charge is 2.46. The van der Waals surface area contributed by atoms with E-state index in [4.69, 9.17) is 14.6 Å². The van der Waals surface area contributed by atoms with Crippen LogP contribution in [0.5, 0.6) is 5.75 Å². The summed E-state index contributed by atoms with van der Waals surface area (Å²) in [4.78, 5) is 12.1. The second-order valence-electron chi connectivity index (χ2n) is 5.39. The minimum Gasteiger partial charge on any atom is -0.490 e. The Morgan fingerprint density at radius 1 is 1.52 bits per heavy atom. The molecule has 1 aliphatic carbocycles. The van der Waals surface area contributed by atoms with Gasteiger partial charge in [-0.2, -0.15) is 0 Å². The molecule has 1 fully saturated rings. The highest BCUT2D eigenvalue weighted by molar-refractivity contribution is 5.81. The Hall–Kier alpha value is -1.59. The summed E-state index contributed by atoms with van der Waals surface area (Å²) in [6.45, 7) is 2.68. The second-order valence-corrected chi connectivity index (χ2v) is 5.39. The number of methoxy groups -OCH3 is 1. The molecular formula is C16H23NO4. The molecule has 2 atom stereocenters. The van der Waals surface area contributed by atoms with E-state index >= 15 is 0 Å². The van der Waals surface area contributed by atoms with Gasteiger partial charge in [0.2, 0.25) is 0 Å².